The maximum atomic E-state index is 11.7. The molecular weight excluding hydrogens is 148 g/mol. The molecule has 5 rings (SSSR count). The fourth-order valence-electron chi connectivity index (χ4n) is 4.29. The molecule has 0 heterocycles. The Kier molecular flexibility index (Phi) is 0.971. The third-order valence-corrected chi connectivity index (χ3v) is 4.77. The molecule has 0 aromatic carbocycles. The van der Waals surface area contributed by atoms with Crippen LogP contribution in [0.15, 0.2) is 0 Å². The highest BCUT2D eigenvalue weighted by Gasteiger charge is 2.67. The van der Waals surface area contributed by atoms with Gasteiger partial charge in [0.1, 0.15) is 5.78 Å². The van der Waals surface area contributed by atoms with Crippen molar-refractivity contribution in [3.8, 4) is 0 Å². The molecule has 5 aliphatic carbocycles. The highest BCUT2D eigenvalue weighted by atomic mass is 16.1. The Morgan fingerprint density at radius 2 is 2.17 bits per heavy atom. The smallest absolute Gasteiger partial charge is 0.142 e. The molecule has 0 amide bonds. The highest BCUT2D eigenvalue weighted by Crippen LogP contribution is 2.69. The van der Waals surface area contributed by atoms with Gasteiger partial charge in [-0.1, -0.05) is 13.8 Å². The Balaban J connectivity index is 2.05. The molecule has 0 aromatic rings. The van der Waals surface area contributed by atoms with Crippen LogP contribution in [0.25, 0.3) is 0 Å². The average molecular weight is 164 g/mol. The van der Waals surface area contributed by atoms with Crippen molar-refractivity contribution in [2.75, 3.05) is 0 Å². The standard InChI is InChI=1S/C11H16O/c1-10-4-3-8-7(5-10)9(12)11(8,2)6-10/h7-8H,3-6H2,1-2H3. The summed E-state index contributed by atoms with van der Waals surface area (Å²) in [6.45, 7) is 4.58. The molecule has 12 heavy (non-hydrogen) atoms. The molecule has 5 saturated carbocycles. The predicted molar refractivity (Wildman–Crippen MR) is 46.7 cm³/mol. The first-order chi connectivity index (χ1) is 5.55. The molecule has 0 radical (unpaired) electrons. The first kappa shape index (κ1) is 7.11. The van der Waals surface area contributed by atoms with E-state index in [1.807, 2.05) is 0 Å². The molecule has 0 aliphatic heterocycles. The molecule has 4 unspecified atom stereocenters. The quantitative estimate of drug-likeness (QED) is 0.537. The van der Waals surface area contributed by atoms with Crippen LogP contribution in [0.5, 0.6) is 0 Å². The van der Waals surface area contributed by atoms with Crippen LogP contribution < -0.4 is 0 Å². The summed E-state index contributed by atoms with van der Waals surface area (Å²) >= 11 is 0. The second-order valence-corrected chi connectivity index (χ2v) is 5.72. The van der Waals surface area contributed by atoms with Gasteiger partial charge in [0.05, 0.1) is 0 Å². The van der Waals surface area contributed by atoms with Crippen LogP contribution in [0.2, 0.25) is 0 Å². The van der Waals surface area contributed by atoms with Crippen molar-refractivity contribution in [3.05, 3.63) is 0 Å². The number of fused-ring (bicyclic) bond motifs is 1. The van der Waals surface area contributed by atoms with E-state index < -0.39 is 0 Å². The van der Waals surface area contributed by atoms with E-state index >= 15 is 0 Å². The van der Waals surface area contributed by atoms with E-state index in [2.05, 4.69) is 13.8 Å². The van der Waals surface area contributed by atoms with Gasteiger partial charge >= 0.3 is 0 Å². The van der Waals surface area contributed by atoms with Crippen LogP contribution in [-0.2, 0) is 4.79 Å². The average Bonchev–Trinajstić information content (AvgIpc) is 2.02. The van der Waals surface area contributed by atoms with Gasteiger partial charge in [-0.25, -0.2) is 0 Å². The molecule has 5 aliphatic rings. The van der Waals surface area contributed by atoms with Crippen LogP contribution in [0, 0.1) is 22.7 Å². The molecule has 0 aromatic heterocycles. The van der Waals surface area contributed by atoms with E-state index in [0.717, 1.165) is 5.92 Å². The lowest BCUT2D eigenvalue weighted by Crippen LogP contribution is -2.66. The summed E-state index contributed by atoms with van der Waals surface area (Å²) in [7, 11) is 0. The number of Topliss-reactive ketones (excluding diaryl/α,β-unsaturated/α-hetero) is 1. The molecule has 4 atom stereocenters. The predicted octanol–water partition coefficient (Wildman–Crippen LogP) is 2.40. The minimum absolute atomic E-state index is 0.121. The summed E-state index contributed by atoms with van der Waals surface area (Å²) < 4.78 is 0. The fraction of sp³-hybridized carbons (Fsp3) is 0.909. The first-order valence-corrected chi connectivity index (χ1v) is 5.10. The van der Waals surface area contributed by atoms with Gasteiger partial charge in [-0.15, -0.1) is 0 Å². The Hall–Kier alpha value is -0.330. The van der Waals surface area contributed by atoms with Crippen LogP contribution in [0.3, 0.4) is 0 Å². The topological polar surface area (TPSA) is 17.1 Å². The second-order valence-electron chi connectivity index (χ2n) is 5.72. The van der Waals surface area contributed by atoms with E-state index in [4.69, 9.17) is 0 Å². The van der Waals surface area contributed by atoms with Gasteiger partial charge in [0.15, 0.2) is 0 Å². The normalized spacial score (nSPS) is 61.7. The van der Waals surface area contributed by atoms with E-state index in [1.54, 1.807) is 0 Å². The molecule has 1 nitrogen and oxygen atoms in total. The molecule has 0 spiro atoms. The van der Waals surface area contributed by atoms with Crippen molar-refractivity contribution >= 4 is 5.78 Å². The van der Waals surface area contributed by atoms with E-state index in [0.29, 0.717) is 17.1 Å². The highest BCUT2D eigenvalue weighted by molar-refractivity contribution is 5.94. The summed E-state index contributed by atoms with van der Waals surface area (Å²) in [5, 5.41) is 0. The number of ketones is 1. The Bertz CT molecular complexity index is 270. The summed E-state index contributed by atoms with van der Waals surface area (Å²) in [6, 6.07) is 0. The molecule has 1 heteroatoms. The lowest BCUT2D eigenvalue weighted by atomic mass is 9.36. The minimum Gasteiger partial charge on any atom is -0.299 e. The first-order valence-electron chi connectivity index (χ1n) is 5.10. The molecular formula is C11H16O. The Labute approximate surface area is 73.5 Å². The van der Waals surface area contributed by atoms with Crippen molar-refractivity contribution < 1.29 is 4.79 Å². The summed E-state index contributed by atoms with van der Waals surface area (Å²) in [6.07, 6.45) is 5.08. The largest absolute Gasteiger partial charge is 0.299 e. The van der Waals surface area contributed by atoms with Crippen molar-refractivity contribution in [1.29, 1.82) is 0 Å². The Morgan fingerprint density at radius 3 is 2.67 bits per heavy atom. The number of hydrogen-bond acceptors (Lipinski definition) is 1. The third kappa shape index (κ3) is 0.541. The van der Waals surface area contributed by atoms with Crippen LogP contribution in [-0.4, -0.2) is 5.78 Å². The number of rotatable bonds is 0. The van der Waals surface area contributed by atoms with Gasteiger partial charge < -0.3 is 0 Å². The molecule has 4 bridgehead atoms. The fourth-order valence-corrected chi connectivity index (χ4v) is 4.29. The van der Waals surface area contributed by atoms with Gasteiger partial charge in [0, 0.05) is 11.3 Å². The molecule has 66 valence electrons. The number of hydrogen-bond donors (Lipinski definition) is 0. The van der Waals surface area contributed by atoms with Crippen LogP contribution in [0.1, 0.15) is 39.5 Å². The molecule has 5 fully saturated rings. The van der Waals surface area contributed by atoms with Crippen molar-refractivity contribution in [3.63, 3.8) is 0 Å². The van der Waals surface area contributed by atoms with Gasteiger partial charge in [0.25, 0.3) is 0 Å². The SMILES string of the molecule is CC12CCC3C(C1)C(=O)C3(C)C2. The van der Waals surface area contributed by atoms with Gasteiger partial charge in [-0.05, 0) is 37.0 Å². The van der Waals surface area contributed by atoms with Crippen LogP contribution in [0.4, 0.5) is 0 Å². The van der Waals surface area contributed by atoms with E-state index in [9.17, 15) is 4.79 Å². The zero-order chi connectivity index (χ0) is 8.56. The van der Waals surface area contributed by atoms with Crippen LogP contribution >= 0.6 is 0 Å². The number of carbonyl (C=O) groups excluding carboxylic acids is 1. The molecule has 0 N–H and O–H groups in total. The summed E-state index contributed by atoms with van der Waals surface area (Å²) in [5.74, 6) is 1.83. The lowest BCUT2D eigenvalue weighted by molar-refractivity contribution is -0.191. The zero-order valence-electron chi connectivity index (χ0n) is 7.89. The third-order valence-electron chi connectivity index (χ3n) is 4.77. The lowest BCUT2D eigenvalue weighted by Gasteiger charge is -2.66. The number of carbonyl (C=O) groups is 1. The van der Waals surface area contributed by atoms with E-state index in [1.165, 1.54) is 25.7 Å². The van der Waals surface area contributed by atoms with Crippen molar-refractivity contribution in [2.45, 2.75) is 39.5 Å². The van der Waals surface area contributed by atoms with E-state index in [-0.39, 0.29) is 5.41 Å². The summed E-state index contributed by atoms with van der Waals surface area (Å²) in [4.78, 5) is 11.7. The zero-order valence-corrected chi connectivity index (χ0v) is 7.89. The minimum atomic E-state index is 0.121. The van der Waals surface area contributed by atoms with Gasteiger partial charge in [0.2, 0.25) is 0 Å². The molecule has 0 saturated heterocycles. The second kappa shape index (κ2) is 1.64. The monoisotopic (exact) mass is 164 g/mol. The Morgan fingerprint density at radius 1 is 1.42 bits per heavy atom. The summed E-state index contributed by atoms with van der Waals surface area (Å²) in [5.41, 5.74) is 0.651. The maximum Gasteiger partial charge on any atom is 0.142 e. The van der Waals surface area contributed by atoms with Crippen molar-refractivity contribution in [1.82, 2.24) is 0 Å². The van der Waals surface area contributed by atoms with Gasteiger partial charge in [-0.2, -0.15) is 0 Å². The maximum absolute atomic E-state index is 11.7. The van der Waals surface area contributed by atoms with Crippen molar-refractivity contribution in [2.24, 2.45) is 22.7 Å². The van der Waals surface area contributed by atoms with Gasteiger partial charge in [-0.3, -0.25) is 4.79 Å².